The van der Waals surface area contributed by atoms with Crippen molar-refractivity contribution in [3.63, 3.8) is 0 Å². The SMILES string of the molecule is O=C1C[C@@H](Nc2ccccc2Cl)C(=O)N1c1cccc(Cl)c1. The third-order valence-electron chi connectivity index (χ3n) is 3.42. The van der Waals surface area contributed by atoms with Gasteiger partial charge in [-0.1, -0.05) is 41.4 Å². The van der Waals surface area contributed by atoms with Gasteiger partial charge < -0.3 is 5.32 Å². The summed E-state index contributed by atoms with van der Waals surface area (Å²) in [5, 5.41) is 4.00. The fourth-order valence-electron chi connectivity index (χ4n) is 2.40. The molecule has 1 aliphatic rings. The standard InChI is InChI=1S/C16H12Cl2N2O2/c17-10-4-3-5-11(8-10)20-15(21)9-14(16(20)22)19-13-7-2-1-6-12(13)18/h1-8,14,19H,9H2/t14-/m1/s1. The van der Waals surface area contributed by atoms with E-state index in [9.17, 15) is 9.59 Å². The molecule has 3 rings (SSSR count). The van der Waals surface area contributed by atoms with Crippen LogP contribution in [-0.4, -0.2) is 17.9 Å². The lowest BCUT2D eigenvalue weighted by Gasteiger charge is -2.16. The zero-order valence-electron chi connectivity index (χ0n) is 11.4. The van der Waals surface area contributed by atoms with Crippen molar-refractivity contribution >= 4 is 46.4 Å². The first-order chi connectivity index (χ1) is 10.6. The number of hydrogen-bond donors (Lipinski definition) is 1. The van der Waals surface area contributed by atoms with E-state index < -0.39 is 6.04 Å². The highest BCUT2D eigenvalue weighted by atomic mass is 35.5. The second-order valence-electron chi connectivity index (χ2n) is 4.93. The zero-order valence-corrected chi connectivity index (χ0v) is 12.9. The van der Waals surface area contributed by atoms with E-state index in [0.29, 0.717) is 21.4 Å². The summed E-state index contributed by atoms with van der Waals surface area (Å²) in [7, 11) is 0. The van der Waals surface area contributed by atoms with E-state index in [1.807, 2.05) is 6.07 Å². The number of anilines is 2. The minimum absolute atomic E-state index is 0.0799. The van der Waals surface area contributed by atoms with Gasteiger partial charge in [-0.2, -0.15) is 0 Å². The van der Waals surface area contributed by atoms with Crippen LogP contribution in [0.25, 0.3) is 0 Å². The van der Waals surface area contributed by atoms with E-state index >= 15 is 0 Å². The molecule has 1 saturated heterocycles. The van der Waals surface area contributed by atoms with E-state index in [2.05, 4.69) is 5.32 Å². The summed E-state index contributed by atoms with van der Waals surface area (Å²) in [5.74, 6) is -0.580. The Hall–Kier alpha value is -2.04. The van der Waals surface area contributed by atoms with Gasteiger partial charge in [-0.25, -0.2) is 4.90 Å². The Bertz CT molecular complexity index is 748. The predicted octanol–water partition coefficient (Wildman–Crippen LogP) is 3.74. The lowest BCUT2D eigenvalue weighted by Crippen LogP contribution is -2.34. The second kappa shape index (κ2) is 5.99. The Balaban J connectivity index is 1.84. The molecule has 22 heavy (non-hydrogen) atoms. The lowest BCUT2D eigenvalue weighted by atomic mass is 10.2. The Morgan fingerprint density at radius 3 is 2.55 bits per heavy atom. The molecule has 1 N–H and O–H groups in total. The highest BCUT2D eigenvalue weighted by molar-refractivity contribution is 6.33. The molecule has 0 spiro atoms. The summed E-state index contributed by atoms with van der Waals surface area (Å²) >= 11 is 12.0. The van der Waals surface area contributed by atoms with Crippen molar-refractivity contribution in [3.05, 3.63) is 58.6 Å². The van der Waals surface area contributed by atoms with Crippen LogP contribution in [0, 0.1) is 0 Å². The monoisotopic (exact) mass is 334 g/mol. The van der Waals surface area contributed by atoms with Gasteiger partial charge in [-0.05, 0) is 30.3 Å². The molecular formula is C16H12Cl2N2O2. The molecule has 0 saturated carbocycles. The minimum atomic E-state index is -0.633. The van der Waals surface area contributed by atoms with Gasteiger partial charge in [0.25, 0.3) is 5.91 Å². The molecule has 1 atom stereocenters. The van der Waals surface area contributed by atoms with Crippen molar-refractivity contribution in [2.75, 3.05) is 10.2 Å². The van der Waals surface area contributed by atoms with E-state index in [0.717, 1.165) is 4.90 Å². The summed E-state index contributed by atoms with van der Waals surface area (Å²) in [6.07, 6.45) is 0.0799. The third kappa shape index (κ3) is 2.80. The first kappa shape index (κ1) is 14.9. The molecule has 2 amide bonds. The van der Waals surface area contributed by atoms with Gasteiger partial charge in [-0.3, -0.25) is 9.59 Å². The second-order valence-corrected chi connectivity index (χ2v) is 5.77. The van der Waals surface area contributed by atoms with Gasteiger partial charge in [0, 0.05) is 5.02 Å². The zero-order chi connectivity index (χ0) is 15.7. The Morgan fingerprint density at radius 1 is 1.05 bits per heavy atom. The smallest absolute Gasteiger partial charge is 0.256 e. The van der Waals surface area contributed by atoms with E-state index in [4.69, 9.17) is 23.2 Å². The molecule has 4 nitrogen and oxygen atoms in total. The Labute approximate surface area is 137 Å². The van der Waals surface area contributed by atoms with Crippen molar-refractivity contribution in [1.29, 1.82) is 0 Å². The maximum atomic E-state index is 12.5. The minimum Gasteiger partial charge on any atom is -0.372 e. The Kier molecular flexibility index (Phi) is 4.05. The molecule has 2 aromatic carbocycles. The maximum Gasteiger partial charge on any atom is 0.256 e. The summed E-state index contributed by atoms with van der Waals surface area (Å²) in [6.45, 7) is 0. The first-order valence-electron chi connectivity index (χ1n) is 6.69. The van der Waals surface area contributed by atoms with Gasteiger partial charge in [0.05, 0.1) is 22.8 Å². The fraction of sp³-hybridized carbons (Fsp3) is 0.125. The van der Waals surface area contributed by atoms with E-state index in [1.165, 1.54) is 0 Å². The predicted molar refractivity (Wildman–Crippen MR) is 87.4 cm³/mol. The molecule has 0 radical (unpaired) electrons. The summed E-state index contributed by atoms with van der Waals surface area (Å²) in [6, 6.07) is 13.1. The molecule has 1 heterocycles. The topological polar surface area (TPSA) is 49.4 Å². The van der Waals surface area contributed by atoms with Crippen LogP contribution >= 0.6 is 23.2 Å². The highest BCUT2D eigenvalue weighted by Gasteiger charge is 2.39. The largest absolute Gasteiger partial charge is 0.372 e. The number of amides is 2. The number of nitrogens with one attached hydrogen (secondary N) is 1. The number of rotatable bonds is 3. The number of carbonyl (C=O) groups is 2. The molecule has 0 unspecified atom stereocenters. The molecule has 0 aromatic heterocycles. The van der Waals surface area contributed by atoms with Gasteiger partial charge in [0.2, 0.25) is 5.91 Å². The molecule has 2 aromatic rings. The van der Waals surface area contributed by atoms with Gasteiger partial charge in [0.15, 0.2) is 0 Å². The average Bonchev–Trinajstić information content (AvgIpc) is 2.76. The van der Waals surface area contributed by atoms with Crippen molar-refractivity contribution < 1.29 is 9.59 Å². The number of carbonyl (C=O) groups excluding carboxylic acids is 2. The van der Waals surface area contributed by atoms with Crippen molar-refractivity contribution in [1.82, 2.24) is 0 Å². The van der Waals surface area contributed by atoms with Crippen LogP contribution in [0.3, 0.4) is 0 Å². The number of hydrogen-bond acceptors (Lipinski definition) is 3. The third-order valence-corrected chi connectivity index (χ3v) is 3.98. The number of para-hydroxylation sites is 1. The number of benzene rings is 2. The lowest BCUT2D eigenvalue weighted by molar-refractivity contribution is -0.121. The average molecular weight is 335 g/mol. The molecular weight excluding hydrogens is 323 g/mol. The van der Waals surface area contributed by atoms with Crippen LogP contribution in [-0.2, 0) is 9.59 Å². The highest BCUT2D eigenvalue weighted by Crippen LogP contribution is 2.28. The summed E-state index contributed by atoms with van der Waals surface area (Å²) < 4.78 is 0. The van der Waals surface area contributed by atoms with Crippen LogP contribution in [0.15, 0.2) is 48.5 Å². The van der Waals surface area contributed by atoms with E-state index in [1.54, 1.807) is 42.5 Å². The van der Waals surface area contributed by atoms with Crippen molar-refractivity contribution in [2.45, 2.75) is 12.5 Å². The van der Waals surface area contributed by atoms with Crippen LogP contribution in [0.2, 0.25) is 10.0 Å². The summed E-state index contributed by atoms with van der Waals surface area (Å²) in [4.78, 5) is 25.8. The first-order valence-corrected chi connectivity index (χ1v) is 7.45. The Morgan fingerprint density at radius 2 is 1.82 bits per heavy atom. The number of imide groups is 1. The van der Waals surface area contributed by atoms with Gasteiger partial charge >= 0.3 is 0 Å². The van der Waals surface area contributed by atoms with Crippen LogP contribution in [0.5, 0.6) is 0 Å². The van der Waals surface area contributed by atoms with E-state index in [-0.39, 0.29) is 18.2 Å². The van der Waals surface area contributed by atoms with Crippen molar-refractivity contribution in [2.24, 2.45) is 0 Å². The molecule has 1 aliphatic heterocycles. The van der Waals surface area contributed by atoms with Crippen LogP contribution in [0.1, 0.15) is 6.42 Å². The molecule has 0 bridgehead atoms. The van der Waals surface area contributed by atoms with Crippen LogP contribution in [0.4, 0.5) is 11.4 Å². The molecule has 6 heteroatoms. The molecule has 0 aliphatic carbocycles. The fourth-order valence-corrected chi connectivity index (χ4v) is 2.77. The van der Waals surface area contributed by atoms with Crippen molar-refractivity contribution in [3.8, 4) is 0 Å². The molecule has 1 fully saturated rings. The maximum absolute atomic E-state index is 12.5. The number of halogens is 2. The summed E-state index contributed by atoms with van der Waals surface area (Å²) in [5.41, 5.74) is 1.11. The normalized spacial score (nSPS) is 17.9. The quantitative estimate of drug-likeness (QED) is 0.870. The molecule has 112 valence electrons. The van der Waals surface area contributed by atoms with Crippen LogP contribution < -0.4 is 10.2 Å². The van der Waals surface area contributed by atoms with Gasteiger partial charge in [0.1, 0.15) is 6.04 Å². The van der Waals surface area contributed by atoms with Gasteiger partial charge in [-0.15, -0.1) is 0 Å². The number of nitrogens with zero attached hydrogens (tertiary/aromatic N) is 1.